The van der Waals surface area contributed by atoms with E-state index >= 15 is 0 Å². The molecule has 10 atom stereocenters. The van der Waals surface area contributed by atoms with Gasteiger partial charge in [0.1, 0.15) is 0 Å². The highest BCUT2D eigenvalue weighted by Crippen LogP contribution is 2.75. The molecule has 5 rings (SSSR count). The second kappa shape index (κ2) is 7.11. The highest BCUT2D eigenvalue weighted by molar-refractivity contribution is 5.76. The number of carboxylic acid groups (broad SMARTS) is 1. The van der Waals surface area contributed by atoms with Crippen molar-refractivity contribution in [2.24, 2.45) is 56.7 Å². The lowest BCUT2D eigenvalue weighted by molar-refractivity contribution is -0.206. The van der Waals surface area contributed by atoms with E-state index < -0.39 is 11.4 Å². The van der Waals surface area contributed by atoms with Gasteiger partial charge in [0.25, 0.3) is 0 Å². The fourth-order valence-corrected chi connectivity index (χ4v) is 10.8. The summed E-state index contributed by atoms with van der Waals surface area (Å²) in [5, 5.41) is 21.4. The van der Waals surface area contributed by atoms with E-state index in [1.165, 1.54) is 18.4 Å². The third-order valence-electron chi connectivity index (χ3n) is 13.4. The Kier molecular flexibility index (Phi) is 5.15. The molecule has 0 aromatic heterocycles. The molecule has 0 amide bonds. The number of allylic oxidation sites excluding steroid dienone is 2. The molecule has 5 aliphatic rings. The molecular weight excluding hydrogens is 408 g/mol. The second-order valence-corrected chi connectivity index (χ2v) is 14.5. The molecule has 0 aliphatic heterocycles. The molecule has 0 bridgehead atoms. The van der Waals surface area contributed by atoms with Crippen molar-refractivity contribution in [2.75, 3.05) is 0 Å². The Morgan fingerprint density at radius 2 is 1.61 bits per heavy atom. The zero-order chi connectivity index (χ0) is 24.2. The molecule has 0 unspecified atom stereocenters. The maximum absolute atomic E-state index is 12.8. The summed E-state index contributed by atoms with van der Waals surface area (Å²) in [6.45, 7) is 17.0. The fourth-order valence-electron chi connectivity index (χ4n) is 10.8. The predicted octanol–water partition coefficient (Wildman–Crippen LogP) is 7.09. The van der Waals surface area contributed by atoms with E-state index in [4.69, 9.17) is 0 Å². The lowest BCUT2D eigenvalue weighted by atomic mass is 9.33. The van der Waals surface area contributed by atoms with Crippen LogP contribution in [-0.4, -0.2) is 22.3 Å². The topological polar surface area (TPSA) is 57.5 Å². The van der Waals surface area contributed by atoms with Crippen LogP contribution in [0.25, 0.3) is 0 Å². The largest absolute Gasteiger partial charge is 0.481 e. The van der Waals surface area contributed by atoms with Crippen molar-refractivity contribution < 1.29 is 15.0 Å². The number of rotatable bonds is 1. The molecule has 4 fully saturated rings. The van der Waals surface area contributed by atoms with Crippen molar-refractivity contribution in [3.63, 3.8) is 0 Å². The Labute approximate surface area is 201 Å². The Morgan fingerprint density at radius 1 is 0.909 bits per heavy atom. The molecule has 0 heterocycles. The summed E-state index contributed by atoms with van der Waals surface area (Å²) in [7, 11) is 0. The Balaban J connectivity index is 1.61. The first kappa shape index (κ1) is 23.9. The Morgan fingerprint density at radius 3 is 2.27 bits per heavy atom. The number of carbonyl (C=O) groups is 1. The molecular formula is C30H48O3. The van der Waals surface area contributed by atoms with Crippen LogP contribution in [0.15, 0.2) is 11.6 Å². The lowest BCUT2D eigenvalue weighted by Gasteiger charge is -2.71. The maximum atomic E-state index is 12.8. The van der Waals surface area contributed by atoms with Crippen molar-refractivity contribution in [3.8, 4) is 0 Å². The summed E-state index contributed by atoms with van der Waals surface area (Å²) in [4.78, 5) is 12.8. The van der Waals surface area contributed by atoms with Crippen molar-refractivity contribution in [2.45, 2.75) is 112 Å². The number of carboxylic acids is 1. The Hall–Kier alpha value is -0.830. The lowest BCUT2D eigenvalue weighted by Crippen LogP contribution is -2.65. The third-order valence-corrected chi connectivity index (χ3v) is 13.4. The first-order valence-corrected chi connectivity index (χ1v) is 13.9. The minimum absolute atomic E-state index is 0.0302. The zero-order valence-corrected chi connectivity index (χ0v) is 22.2. The standard InChI is InChI=1S/C30H48O3/c1-18-10-15-30(25(32)33)17-16-28(6)20(24(30)19(18)2)8-9-22-27(5)13-12-23(31)26(3,4)21(27)11-14-29(22,28)7/h8,18-19,21-24,31H,9-17H2,1-7H3,(H,32,33)/t18-,19+,21+,22-,23+,24-,27+,28+,29-,30+/m1/s1. The molecule has 3 heteroatoms. The number of hydrogen-bond donors (Lipinski definition) is 2. The summed E-state index contributed by atoms with van der Waals surface area (Å²) in [5.74, 6) is 1.82. The SMILES string of the molecule is C[C@H]1[C@H](C)CC[C@]2(C(=O)O)CC[C@@]3(C)C(=CC[C@@H]4[C@@]5(C)CC[C@H](O)C(C)(C)[C@@H]5CC[C@]43C)[C@@H]12. The molecule has 0 radical (unpaired) electrons. The van der Waals surface area contributed by atoms with E-state index in [2.05, 4.69) is 54.5 Å². The molecule has 0 spiro atoms. The smallest absolute Gasteiger partial charge is 0.310 e. The van der Waals surface area contributed by atoms with Gasteiger partial charge >= 0.3 is 5.97 Å². The van der Waals surface area contributed by atoms with Gasteiger partial charge in [0, 0.05) is 0 Å². The van der Waals surface area contributed by atoms with Gasteiger partial charge in [0.05, 0.1) is 11.5 Å². The van der Waals surface area contributed by atoms with Crippen LogP contribution in [0.3, 0.4) is 0 Å². The number of aliphatic hydroxyl groups is 1. The molecule has 5 aliphatic carbocycles. The van der Waals surface area contributed by atoms with E-state index in [-0.39, 0.29) is 33.7 Å². The molecule has 3 nitrogen and oxygen atoms in total. The number of aliphatic carboxylic acids is 1. The first-order valence-electron chi connectivity index (χ1n) is 13.9. The van der Waals surface area contributed by atoms with Gasteiger partial charge in [-0.2, -0.15) is 0 Å². The van der Waals surface area contributed by atoms with Gasteiger partial charge in [-0.25, -0.2) is 0 Å². The predicted molar refractivity (Wildman–Crippen MR) is 133 cm³/mol. The van der Waals surface area contributed by atoms with Gasteiger partial charge in [-0.1, -0.05) is 60.1 Å². The summed E-state index contributed by atoms with van der Waals surface area (Å²) < 4.78 is 0. The molecule has 33 heavy (non-hydrogen) atoms. The van der Waals surface area contributed by atoms with Crippen LogP contribution in [0.1, 0.15) is 106 Å². The summed E-state index contributed by atoms with van der Waals surface area (Å²) >= 11 is 0. The Bertz CT molecular complexity index is 874. The highest BCUT2D eigenvalue weighted by atomic mass is 16.4. The number of aliphatic hydroxyl groups excluding tert-OH is 1. The maximum Gasteiger partial charge on any atom is 0.310 e. The van der Waals surface area contributed by atoms with E-state index in [1.54, 1.807) is 0 Å². The van der Waals surface area contributed by atoms with Crippen LogP contribution < -0.4 is 0 Å². The number of hydrogen-bond acceptors (Lipinski definition) is 2. The molecule has 2 N–H and O–H groups in total. The average Bonchev–Trinajstić information content (AvgIpc) is 2.74. The summed E-state index contributed by atoms with van der Waals surface area (Å²) in [6.07, 6.45) is 11.6. The van der Waals surface area contributed by atoms with Crippen LogP contribution in [0.4, 0.5) is 0 Å². The number of fused-ring (bicyclic) bond motifs is 7. The third kappa shape index (κ3) is 2.75. The van der Waals surface area contributed by atoms with Crippen LogP contribution in [0, 0.1) is 56.7 Å². The van der Waals surface area contributed by atoms with E-state index in [9.17, 15) is 15.0 Å². The monoisotopic (exact) mass is 456 g/mol. The van der Waals surface area contributed by atoms with Gasteiger partial charge < -0.3 is 10.2 Å². The second-order valence-electron chi connectivity index (χ2n) is 14.5. The van der Waals surface area contributed by atoms with E-state index in [1.807, 2.05) is 0 Å². The fraction of sp³-hybridized carbons (Fsp3) is 0.900. The average molecular weight is 457 g/mol. The highest BCUT2D eigenvalue weighted by Gasteiger charge is 2.69. The molecule has 0 aromatic rings. The van der Waals surface area contributed by atoms with Crippen LogP contribution >= 0.6 is 0 Å². The molecule has 4 saturated carbocycles. The van der Waals surface area contributed by atoms with Gasteiger partial charge in [0.15, 0.2) is 0 Å². The minimum Gasteiger partial charge on any atom is -0.481 e. The normalized spacial score (nSPS) is 55.3. The van der Waals surface area contributed by atoms with Gasteiger partial charge in [0.2, 0.25) is 0 Å². The van der Waals surface area contributed by atoms with Crippen LogP contribution in [0.2, 0.25) is 0 Å². The van der Waals surface area contributed by atoms with Gasteiger partial charge in [-0.3, -0.25) is 4.79 Å². The van der Waals surface area contributed by atoms with Gasteiger partial charge in [-0.15, -0.1) is 0 Å². The minimum atomic E-state index is -0.557. The van der Waals surface area contributed by atoms with Crippen LogP contribution in [0.5, 0.6) is 0 Å². The van der Waals surface area contributed by atoms with Gasteiger partial charge in [-0.05, 0) is 109 Å². The van der Waals surface area contributed by atoms with Crippen LogP contribution in [-0.2, 0) is 4.79 Å². The molecule has 0 saturated heterocycles. The quantitative estimate of drug-likeness (QED) is 0.414. The van der Waals surface area contributed by atoms with Crippen molar-refractivity contribution in [3.05, 3.63) is 11.6 Å². The van der Waals surface area contributed by atoms with E-state index in [0.717, 1.165) is 44.9 Å². The van der Waals surface area contributed by atoms with Crippen molar-refractivity contribution in [1.29, 1.82) is 0 Å². The molecule has 0 aromatic carbocycles. The summed E-state index contributed by atoms with van der Waals surface area (Å²) in [5.41, 5.74) is 1.46. The first-order chi connectivity index (χ1) is 15.3. The summed E-state index contributed by atoms with van der Waals surface area (Å²) in [6, 6.07) is 0. The zero-order valence-electron chi connectivity index (χ0n) is 22.2. The molecule has 186 valence electrons. The van der Waals surface area contributed by atoms with Crippen molar-refractivity contribution >= 4 is 5.97 Å². The van der Waals surface area contributed by atoms with E-state index in [0.29, 0.717) is 23.7 Å². The van der Waals surface area contributed by atoms with Crippen molar-refractivity contribution in [1.82, 2.24) is 0 Å².